The first-order chi connectivity index (χ1) is 11.1. The van der Waals surface area contributed by atoms with E-state index in [-0.39, 0.29) is 5.95 Å². The van der Waals surface area contributed by atoms with Gasteiger partial charge in [-0.15, -0.1) is 0 Å². The van der Waals surface area contributed by atoms with Crippen molar-refractivity contribution in [2.45, 2.75) is 6.18 Å². The second kappa shape index (κ2) is 8.70. The molecule has 1 aromatic heterocycles. The first-order valence-corrected chi connectivity index (χ1v) is 7.15. The number of methoxy groups -OCH3 is 1. The molecule has 9 heteroatoms. The highest BCUT2D eigenvalue weighted by Crippen LogP contribution is 2.33. The van der Waals surface area contributed by atoms with Gasteiger partial charge >= 0.3 is 6.18 Å². The minimum absolute atomic E-state index is 0.0824. The van der Waals surface area contributed by atoms with Crippen LogP contribution in [0.25, 0.3) is 0 Å². The zero-order valence-corrected chi connectivity index (χ0v) is 14.1. The molecule has 1 rings (SSSR count). The van der Waals surface area contributed by atoms with Crippen molar-refractivity contribution < 1.29 is 17.9 Å². The monoisotopic (exact) mass is 362 g/mol. The Labute approximate surface area is 143 Å². The summed E-state index contributed by atoms with van der Waals surface area (Å²) in [5, 5.41) is 1.98. The number of aromatic nitrogens is 2. The lowest BCUT2D eigenvalue weighted by atomic mass is 10.3. The Morgan fingerprint density at radius 2 is 2.08 bits per heavy atom. The van der Waals surface area contributed by atoms with Gasteiger partial charge in [0.15, 0.2) is 0 Å². The quantitative estimate of drug-likeness (QED) is 0.564. The molecule has 0 aliphatic rings. The van der Waals surface area contributed by atoms with Crippen LogP contribution in [0.3, 0.4) is 0 Å². The molecule has 0 atom stereocenters. The van der Waals surface area contributed by atoms with Gasteiger partial charge in [0, 0.05) is 38.3 Å². The van der Waals surface area contributed by atoms with E-state index in [0.29, 0.717) is 30.7 Å². The highest BCUT2D eigenvalue weighted by molar-refractivity contribution is 6.30. The smallest absolute Gasteiger partial charge is 0.383 e. The molecule has 0 saturated heterocycles. The van der Waals surface area contributed by atoms with Gasteiger partial charge in [-0.3, -0.25) is 0 Å². The molecule has 0 aromatic carbocycles. The van der Waals surface area contributed by atoms with Crippen molar-refractivity contribution in [1.82, 2.24) is 14.9 Å². The number of ether oxygens (including phenoxy) is 1. The molecule has 0 radical (unpaired) electrons. The fourth-order valence-corrected chi connectivity index (χ4v) is 1.73. The summed E-state index contributed by atoms with van der Waals surface area (Å²) in [6.45, 7) is 8.81. The topological polar surface area (TPSA) is 50.3 Å². The molecule has 0 aliphatic heterocycles. The van der Waals surface area contributed by atoms with Crippen molar-refractivity contribution in [3.63, 3.8) is 0 Å². The van der Waals surface area contributed by atoms with E-state index in [1.807, 2.05) is 11.9 Å². The molecule has 0 unspecified atom stereocenters. The number of likely N-dealkylation sites (N-methyl/N-ethyl adjacent to an activating group) is 1. The average Bonchev–Trinajstić information content (AvgIpc) is 2.48. The number of alkyl halides is 3. The summed E-state index contributed by atoms with van der Waals surface area (Å²) in [7, 11) is 3.45. The Kier molecular flexibility index (Phi) is 7.24. The third-order valence-corrected chi connectivity index (χ3v) is 3.21. The molecule has 0 aliphatic carbocycles. The molecule has 0 spiro atoms. The van der Waals surface area contributed by atoms with Gasteiger partial charge < -0.3 is 15.0 Å². The van der Waals surface area contributed by atoms with Gasteiger partial charge in [0.25, 0.3) is 0 Å². The van der Waals surface area contributed by atoms with Crippen molar-refractivity contribution in [2.75, 3.05) is 32.6 Å². The van der Waals surface area contributed by atoms with E-state index in [1.54, 1.807) is 19.3 Å². The Morgan fingerprint density at radius 1 is 1.42 bits per heavy atom. The van der Waals surface area contributed by atoms with Crippen molar-refractivity contribution >= 4 is 17.5 Å². The van der Waals surface area contributed by atoms with Crippen LogP contribution in [0.15, 0.2) is 42.9 Å². The Bertz CT molecular complexity index is 632. The lowest BCUT2D eigenvalue weighted by molar-refractivity contribution is -0.137. The van der Waals surface area contributed by atoms with Crippen molar-refractivity contribution in [3.8, 4) is 0 Å². The lowest BCUT2D eigenvalue weighted by Crippen LogP contribution is -2.20. The SMILES string of the molecule is C=C(/C=C\C(=C)N(C)CCOC)Nc1ncc(C(F)(F)F)c(Cl)n1. The average molecular weight is 363 g/mol. The van der Waals surface area contributed by atoms with Crippen LogP contribution in [-0.2, 0) is 10.9 Å². The zero-order chi connectivity index (χ0) is 18.3. The fourth-order valence-electron chi connectivity index (χ4n) is 1.49. The van der Waals surface area contributed by atoms with Crippen LogP contribution in [0.4, 0.5) is 19.1 Å². The molecule has 0 saturated carbocycles. The van der Waals surface area contributed by atoms with Gasteiger partial charge in [-0.2, -0.15) is 13.2 Å². The van der Waals surface area contributed by atoms with E-state index in [1.165, 1.54) is 0 Å². The molecular formula is C15H18ClF3N4O. The van der Waals surface area contributed by atoms with E-state index in [4.69, 9.17) is 16.3 Å². The molecular weight excluding hydrogens is 345 g/mol. The summed E-state index contributed by atoms with van der Waals surface area (Å²) in [6.07, 6.45) is -0.694. The van der Waals surface area contributed by atoms with Gasteiger partial charge in [-0.05, 0) is 12.2 Å². The summed E-state index contributed by atoms with van der Waals surface area (Å²) in [5.74, 6) is -0.0824. The highest BCUT2D eigenvalue weighted by atomic mass is 35.5. The normalized spacial score (nSPS) is 11.6. The van der Waals surface area contributed by atoms with Gasteiger partial charge in [0.05, 0.1) is 6.61 Å². The molecule has 0 bridgehead atoms. The van der Waals surface area contributed by atoms with Crippen LogP contribution >= 0.6 is 11.6 Å². The number of nitrogens with zero attached hydrogens (tertiary/aromatic N) is 3. The largest absolute Gasteiger partial charge is 0.420 e. The Balaban J connectivity index is 2.67. The Morgan fingerprint density at radius 3 is 2.62 bits per heavy atom. The number of allylic oxidation sites excluding steroid dienone is 2. The molecule has 0 fully saturated rings. The first-order valence-electron chi connectivity index (χ1n) is 6.78. The maximum atomic E-state index is 12.6. The molecule has 0 amide bonds. The predicted molar refractivity (Wildman–Crippen MR) is 87.6 cm³/mol. The van der Waals surface area contributed by atoms with Crippen LogP contribution in [-0.4, -0.2) is 42.2 Å². The van der Waals surface area contributed by atoms with E-state index in [0.717, 1.165) is 0 Å². The summed E-state index contributed by atoms with van der Waals surface area (Å²) >= 11 is 5.52. The molecule has 1 aromatic rings. The van der Waals surface area contributed by atoms with Crippen LogP contribution in [0.1, 0.15) is 5.56 Å². The van der Waals surface area contributed by atoms with Crippen molar-refractivity contribution in [1.29, 1.82) is 0 Å². The van der Waals surface area contributed by atoms with Crippen LogP contribution in [0.5, 0.6) is 0 Å². The highest BCUT2D eigenvalue weighted by Gasteiger charge is 2.34. The maximum Gasteiger partial charge on any atom is 0.420 e. The number of nitrogens with one attached hydrogen (secondary N) is 1. The van der Waals surface area contributed by atoms with E-state index < -0.39 is 16.9 Å². The maximum absolute atomic E-state index is 12.6. The molecule has 1 heterocycles. The molecule has 5 nitrogen and oxygen atoms in total. The van der Waals surface area contributed by atoms with Gasteiger partial charge in [-0.25, -0.2) is 9.97 Å². The van der Waals surface area contributed by atoms with Crippen molar-refractivity contribution in [3.05, 3.63) is 53.6 Å². The van der Waals surface area contributed by atoms with Gasteiger partial charge in [0.1, 0.15) is 10.7 Å². The van der Waals surface area contributed by atoms with Gasteiger partial charge in [-0.1, -0.05) is 24.8 Å². The minimum atomic E-state index is -4.60. The first kappa shape index (κ1) is 20.0. The second-order valence-electron chi connectivity index (χ2n) is 4.79. The van der Waals surface area contributed by atoms with Crippen LogP contribution in [0.2, 0.25) is 5.15 Å². The van der Waals surface area contributed by atoms with Crippen LogP contribution in [0, 0.1) is 0 Å². The lowest BCUT2D eigenvalue weighted by Gasteiger charge is -2.18. The predicted octanol–water partition coefficient (Wildman–Crippen LogP) is 3.72. The minimum Gasteiger partial charge on any atom is -0.383 e. The summed E-state index contributed by atoms with van der Waals surface area (Å²) in [4.78, 5) is 9.01. The van der Waals surface area contributed by atoms with E-state index >= 15 is 0 Å². The standard InChI is InChI=1S/C15H18ClF3N4O/c1-10(5-6-11(2)23(3)7-8-24-4)21-14-20-9-12(13(16)22-14)15(17,18)19/h5-6,9H,1-2,7-8H2,3-4H3,(H,20,21,22)/b6-5-. The van der Waals surface area contributed by atoms with E-state index in [2.05, 4.69) is 28.4 Å². The van der Waals surface area contributed by atoms with Crippen molar-refractivity contribution in [2.24, 2.45) is 0 Å². The van der Waals surface area contributed by atoms with Crippen LogP contribution < -0.4 is 5.32 Å². The zero-order valence-electron chi connectivity index (χ0n) is 13.3. The van der Waals surface area contributed by atoms with Gasteiger partial charge in [0.2, 0.25) is 5.95 Å². The molecule has 132 valence electrons. The number of hydrogen-bond acceptors (Lipinski definition) is 5. The number of hydrogen-bond donors (Lipinski definition) is 1. The second-order valence-corrected chi connectivity index (χ2v) is 5.14. The number of rotatable bonds is 8. The van der Waals surface area contributed by atoms with E-state index in [9.17, 15) is 13.2 Å². The summed E-state index contributed by atoms with van der Waals surface area (Å²) in [6, 6.07) is 0. The summed E-state index contributed by atoms with van der Waals surface area (Å²) < 4.78 is 42.7. The third kappa shape index (κ3) is 6.21. The number of anilines is 1. The molecule has 1 N–H and O–H groups in total. The number of halogens is 4. The molecule has 24 heavy (non-hydrogen) atoms. The summed E-state index contributed by atoms with van der Waals surface area (Å²) in [5.41, 5.74) is -0.0162. The Hall–Kier alpha value is -2.06. The third-order valence-electron chi connectivity index (χ3n) is 2.92. The fraction of sp³-hybridized carbons (Fsp3) is 0.333.